The molecule has 6 N–H and O–H groups in total. The van der Waals surface area contributed by atoms with Gasteiger partial charge >= 0.3 is 0 Å². The highest BCUT2D eigenvalue weighted by Gasteiger charge is 2.05. The van der Waals surface area contributed by atoms with Gasteiger partial charge in [0.25, 0.3) is 6.47 Å². The summed E-state index contributed by atoms with van der Waals surface area (Å²) < 4.78 is 0. The molecule has 5 heteroatoms. The van der Waals surface area contributed by atoms with Crippen molar-refractivity contribution in [2.24, 2.45) is 11.5 Å². The smallest absolute Gasteiger partial charge is 0.290 e. The minimum absolute atomic E-state index is 0.0483. The SMILES string of the molecule is NCc1ccc(-c2cccc(CO)c2)c(CN)c1.O=CO. The Labute approximate surface area is 123 Å². The second-order valence-electron chi connectivity index (χ2n) is 4.36. The summed E-state index contributed by atoms with van der Waals surface area (Å²) in [6.07, 6.45) is 0. The van der Waals surface area contributed by atoms with E-state index in [4.69, 9.17) is 21.4 Å². The van der Waals surface area contributed by atoms with Crippen molar-refractivity contribution in [3.05, 3.63) is 59.2 Å². The average molecular weight is 288 g/mol. The normalized spacial score (nSPS) is 9.67. The van der Waals surface area contributed by atoms with Crippen LogP contribution in [0.25, 0.3) is 11.1 Å². The van der Waals surface area contributed by atoms with E-state index in [0.29, 0.717) is 13.1 Å². The fraction of sp³-hybridized carbons (Fsp3) is 0.188. The Morgan fingerprint density at radius 3 is 2.29 bits per heavy atom. The van der Waals surface area contributed by atoms with Gasteiger partial charge in [-0.3, -0.25) is 4.79 Å². The van der Waals surface area contributed by atoms with Crippen molar-refractivity contribution in [2.75, 3.05) is 0 Å². The third kappa shape index (κ3) is 4.68. The van der Waals surface area contributed by atoms with E-state index in [1.165, 1.54) is 0 Å². The molecule has 0 aliphatic rings. The van der Waals surface area contributed by atoms with E-state index in [9.17, 15) is 5.11 Å². The van der Waals surface area contributed by atoms with Gasteiger partial charge in [0.1, 0.15) is 0 Å². The van der Waals surface area contributed by atoms with Crippen LogP contribution in [0.5, 0.6) is 0 Å². The lowest BCUT2D eigenvalue weighted by molar-refractivity contribution is -0.122. The van der Waals surface area contributed by atoms with Crippen LogP contribution in [-0.2, 0) is 24.5 Å². The third-order valence-electron chi connectivity index (χ3n) is 3.05. The average Bonchev–Trinajstić information content (AvgIpc) is 2.55. The lowest BCUT2D eigenvalue weighted by Crippen LogP contribution is -2.03. The fourth-order valence-electron chi connectivity index (χ4n) is 2.06. The molecule has 0 atom stereocenters. The summed E-state index contributed by atoms with van der Waals surface area (Å²) in [6, 6.07) is 14.0. The first-order valence-corrected chi connectivity index (χ1v) is 6.50. The Kier molecular flexibility index (Phi) is 7.11. The Balaban J connectivity index is 0.000000677. The van der Waals surface area contributed by atoms with Gasteiger partial charge in [0.05, 0.1) is 6.61 Å². The molecule has 0 bridgehead atoms. The number of nitrogens with two attached hydrogens (primary N) is 2. The van der Waals surface area contributed by atoms with Crippen LogP contribution < -0.4 is 11.5 Å². The maximum Gasteiger partial charge on any atom is 0.290 e. The van der Waals surface area contributed by atoms with E-state index in [-0.39, 0.29) is 13.1 Å². The molecule has 0 fully saturated rings. The molecule has 0 unspecified atom stereocenters. The van der Waals surface area contributed by atoms with Crippen LogP contribution in [0.4, 0.5) is 0 Å². The summed E-state index contributed by atoms with van der Waals surface area (Å²) in [4.78, 5) is 8.36. The summed E-state index contributed by atoms with van der Waals surface area (Å²) in [5, 5.41) is 16.1. The van der Waals surface area contributed by atoms with Crippen molar-refractivity contribution in [3.8, 4) is 11.1 Å². The van der Waals surface area contributed by atoms with E-state index in [1.54, 1.807) is 0 Å². The largest absolute Gasteiger partial charge is 0.483 e. The van der Waals surface area contributed by atoms with Crippen LogP contribution in [0, 0.1) is 0 Å². The zero-order chi connectivity index (χ0) is 15.7. The van der Waals surface area contributed by atoms with Gasteiger partial charge in [-0.2, -0.15) is 0 Å². The molecular formula is C16H20N2O3. The van der Waals surface area contributed by atoms with Gasteiger partial charge in [0, 0.05) is 13.1 Å². The molecule has 2 rings (SSSR count). The first-order chi connectivity index (χ1) is 10.2. The third-order valence-corrected chi connectivity index (χ3v) is 3.05. The summed E-state index contributed by atoms with van der Waals surface area (Å²) >= 11 is 0. The second kappa shape index (κ2) is 8.86. The highest BCUT2D eigenvalue weighted by molar-refractivity contribution is 5.68. The number of carboxylic acid groups (broad SMARTS) is 1. The monoisotopic (exact) mass is 288 g/mol. The van der Waals surface area contributed by atoms with Crippen LogP contribution in [0.1, 0.15) is 16.7 Å². The summed E-state index contributed by atoms with van der Waals surface area (Å²) in [7, 11) is 0. The number of carbonyl (C=O) groups is 1. The summed E-state index contributed by atoms with van der Waals surface area (Å²) in [6.45, 7) is 0.795. The summed E-state index contributed by atoms with van der Waals surface area (Å²) in [5.41, 5.74) is 16.7. The van der Waals surface area contributed by atoms with E-state index in [1.807, 2.05) is 42.5 Å². The molecule has 0 saturated carbocycles. The van der Waals surface area contributed by atoms with Crippen molar-refractivity contribution in [1.82, 2.24) is 0 Å². The molecule has 0 aromatic heterocycles. The highest BCUT2D eigenvalue weighted by Crippen LogP contribution is 2.25. The number of hydrogen-bond acceptors (Lipinski definition) is 4. The molecular weight excluding hydrogens is 268 g/mol. The van der Waals surface area contributed by atoms with Gasteiger partial charge in [0.15, 0.2) is 0 Å². The number of benzene rings is 2. The first-order valence-electron chi connectivity index (χ1n) is 6.50. The Morgan fingerprint density at radius 1 is 1.00 bits per heavy atom. The minimum atomic E-state index is -0.250. The maximum absolute atomic E-state index is 9.18. The van der Waals surface area contributed by atoms with E-state index < -0.39 is 0 Å². The van der Waals surface area contributed by atoms with E-state index in [0.717, 1.165) is 27.8 Å². The highest BCUT2D eigenvalue weighted by atomic mass is 16.3. The molecule has 21 heavy (non-hydrogen) atoms. The second-order valence-corrected chi connectivity index (χ2v) is 4.36. The molecule has 0 spiro atoms. The quantitative estimate of drug-likeness (QED) is 0.637. The van der Waals surface area contributed by atoms with Crippen molar-refractivity contribution < 1.29 is 15.0 Å². The fourth-order valence-corrected chi connectivity index (χ4v) is 2.06. The Hall–Kier alpha value is -2.21. The van der Waals surface area contributed by atoms with Gasteiger partial charge in [0.2, 0.25) is 0 Å². The van der Waals surface area contributed by atoms with E-state index in [2.05, 4.69) is 0 Å². The lowest BCUT2D eigenvalue weighted by atomic mass is 9.96. The van der Waals surface area contributed by atoms with Crippen molar-refractivity contribution in [3.63, 3.8) is 0 Å². The number of aliphatic hydroxyl groups is 1. The van der Waals surface area contributed by atoms with Crippen molar-refractivity contribution in [2.45, 2.75) is 19.7 Å². The minimum Gasteiger partial charge on any atom is -0.483 e. The van der Waals surface area contributed by atoms with Crippen molar-refractivity contribution in [1.29, 1.82) is 0 Å². The Morgan fingerprint density at radius 2 is 1.71 bits per heavy atom. The zero-order valence-corrected chi connectivity index (χ0v) is 11.7. The number of rotatable bonds is 4. The van der Waals surface area contributed by atoms with Crippen LogP contribution >= 0.6 is 0 Å². The maximum atomic E-state index is 9.18. The standard InChI is InChI=1S/C15H18N2O.CH2O2/c16-8-11-4-5-15(14(6-11)9-17)13-3-1-2-12(7-13)10-18;2-1-3/h1-7,18H,8-10,16-17H2;1H,(H,2,3). The first kappa shape index (κ1) is 16.8. The summed E-state index contributed by atoms with van der Waals surface area (Å²) in [5.74, 6) is 0. The molecule has 0 saturated heterocycles. The van der Waals surface area contributed by atoms with Crippen molar-refractivity contribution >= 4 is 6.47 Å². The van der Waals surface area contributed by atoms with Gasteiger partial charge in [-0.25, -0.2) is 0 Å². The topological polar surface area (TPSA) is 110 Å². The molecule has 0 aliphatic carbocycles. The van der Waals surface area contributed by atoms with Crippen LogP contribution in [0.15, 0.2) is 42.5 Å². The molecule has 0 heterocycles. The zero-order valence-electron chi connectivity index (χ0n) is 11.7. The number of aliphatic hydroxyl groups excluding tert-OH is 1. The molecule has 2 aromatic rings. The number of hydrogen-bond donors (Lipinski definition) is 4. The lowest BCUT2D eigenvalue weighted by Gasteiger charge is -2.11. The molecule has 112 valence electrons. The van der Waals surface area contributed by atoms with Gasteiger partial charge in [-0.1, -0.05) is 36.4 Å². The Bertz CT molecular complexity index is 585. The van der Waals surface area contributed by atoms with Crippen LogP contribution in [0.2, 0.25) is 0 Å². The predicted octanol–water partition coefficient (Wildman–Crippen LogP) is 1.46. The van der Waals surface area contributed by atoms with Crippen LogP contribution in [0.3, 0.4) is 0 Å². The van der Waals surface area contributed by atoms with E-state index >= 15 is 0 Å². The van der Waals surface area contributed by atoms with Crippen LogP contribution in [-0.4, -0.2) is 16.7 Å². The molecule has 0 radical (unpaired) electrons. The molecule has 2 aromatic carbocycles. The predicted molar refractivity (Wildman–Crippen MR) is 82.3 cm³/mol. The van der Waals surface area contributed by atoms with Gasteiger partial charge < -0.3 is 21.7 Å². The molecule has 5 nitrogen and oxygen atoms in total. The van der Waals surface area contributed by atoms with Gasteiger partial charge in [-0.15, -0.1) is 0 Å². The molecule has 0 aliphatic heterocycles. The molecule has 0 amide bonds. The van der Waals surface area contributed by atoms with Gasteiger partial charge in [-0.05, 0) is 33.9 Å².